The van der Waals surface area contributed by atoms with Gasteiger partial charge in [0.25, 0.3) is 0 Å². The van der Waals surface area contributed by atoms with Crippen LogP contribution < -0.4 is 4.90 Å². The molecular formula is C21H19FN3OS+. The van der Waals surface area contributed by atoms with Crippen LogP contribution in [0.3, 0.4) is 0 Å². The smallest absolute Gasteiger partial charge is 0.232 e. The van der Waals surface area contributed by atoms with Crippen LogP contribution in [0.15, 0.2) is 65.2 Å². The Morgan fingerprint density at radius 2 is 1.93 bits per heavy atom. The van der Waals surface area contributed by atoms with E-state index in [-0.39, 0.29) is 18.1 Å². The van der Waals surface area contributed by atoms with Gasteiger partial charge in [-0.3, -0.25) is 9.69 Å². The number of fused-ring (bicyclic) bond motifs is 1. The summed E-state index contributed by atoms with van der Waals surface area (Å²) in [5, 5.41) is 10.4. The molecule has 2 aromatic carbocycles. The first-order valence-electron chi connectivity index (χ1n) is 8.86. The quantitative estimate of drug-likeness (QED) is 0.891. The highest BCUT2D eigenvalue weighted by molar-refractivity contribution is 8.02. The fourth-order valence-electron chi connectivity index (χ4n) is 3.69. The lowest BCUT2D eigenvalue weighted by Gasteiger charge is -2.39. The molecule has 2 heterocycles. The number of nitriles is 1. The highest BCUT2D eigenvalue weighted by Gasteiger charge is 2.40. The molecule has 0 saturated carbocycles. The molecule has 2 atom stereocenters. The van der Waals surface area contributed by atoms with E-state index in [0.717, 1.165) is 12.4 Å². The van der Waals surface area contributed by atoms with Gasteiger partial charge >= 0.3 is 0 Å². The Bertz CT molecular complexity index is 938. The molecule has 1 fully saturated rings. The van der Waals surface area contributed by atoms with E-state index in [1.807, 2.05) is 18.2 Å². The van der Waals surface area contributed by atoms with Crippen molar-refractivity contribution in [1.82, 2.24) is 4.90 Å². The molecular weight excluding hydrogens is 361 g/mol. The van der Waals surface area contributed by atoms with Crippen molar-refractivity contribution in [2.24, 2.45) is 0 Å². The maximum atomic E-state index is 14.3. The molecule has 2 aliphatic heterocycles. The van der Waals surface area contributed by atoms with E-state index < -0.39 is 5.92 Å². The zero-order valence-corrected chi connectivity index (χ0v) is 15.5. The Morgan fingerprint density at radius 3 is 2.67 bits per heavy atom. The Morgan fingerprint density at radius 1 is 1.19 bits per heavy atom. The summed E-state index contributed by atoms with van der Waals surface area (Å²) in [6, 6.07) is 18.8. The zero-order valence-electron chi connectivity index (χ0n) is 14.7. The first-order valence-corrected chi connectivity index (χ1v) is 9.85. The van der Waals surface area contributed by atoms with E-state index in [0.29, 0.717) is 22.8 Å². The second kappa shape index (κ2) is 7.55. The molecule has 0 aromatic heterocycles. The highest BCUT2D eigenvalue weighted by atomic mass is 32.2. The maximum Gasteiger partial charge on any atom is 0.232 e. The largest absolute Gasteiger partial charge is 0.305 e. The predicted octanol–water partition coefficient (Wildman–Crippen LogP) is 2.62. The minimum Gasteiger partial charge on any atom is -0.305 e. The van der Waals surface area contributed by atoms with Crippen molar-refractivity contribution in [2.45, 2.75) is 18.9 Å². The third kappa shape index (κ3) is 3.48. The number of hydrogen-bond acceptors (Lipinski definition) is 3. The van der Waals surface area contributed by atoms with Gasteiger partial charge in [0, 0.05) is 17.9 Å². The second-order valence-electron chi connectivity index (χ2n) is 6.79. The van der Waals surface area contributed by atoms with Crippen molar-refractivity contribution in [3.8, 4) is 6.07 Å². The maximum absolute atomic E-state index is 14.3. The first kappa shape index (κ1) is 17.8. The molecule has 0 bridgehead atoms. The van der Waals surface area contributed by atoms with Gasteiger partial charge in [-0.2, -0.15) is 5.26 Å². The van der Waals surface area contributed by atoms with Crippen LogP contribution in [-0.2, 0) is 11.3 Å². The Hall–Kier alpha value is -2.62. The van der Waals surface area contributed by atoms with Crippen molar-refractivity contribution in [2.75, 3.05) is 12.5 Å². The number of carbonyl (C=O) groups excluding carboxylic acids is 1. The monoisotopic (exact) mass is 380 g/mol. The SMILES string of the molecule is N#CC1=C2SC[NH+](Cc3ccccc3)CN2C(=O)C[C@H]1c1ccccc1F. The second-order valence-corrected chi connectivity index (χ2v) is 7.75. The summed E-state index contributed by atoms with van der Waals surface area (Å²) in [6.07, 6.45) is 0.131. The summed E-state index contributed by atoms with van der Waals surface area (Å²) in [6.45, 7) is 1.36. The number of thioether (sulfide) groups is 1. The van der Waals surface area contributed by atoms with Gasteiger partial charge in [0.1, 0.15) is 23.3 Å². The summed E-state index contributed by atoms with van der Waals surface area (Å²) < 4.78 is 14.3. The van der Waals surface area contributed by atoms with Gasteiger partial charge in [-0.1, -0.05) is 48.5 Å². The number of carbonyl (C=O) groups is 1. The van der Waals surface area contributed by atoms with Crippen LogP contribution in [0, 0.1) is 17.1 Å². The molecule has 0 radical (unpaired) electrons. The molecule has 1 amide bonds. The number of nitrogens with one attached hydrogen (secondary N) is 1. The average Bonchev–Trinajstić information content (AvgIpc) is 2.69. The number of hydrogen-bond donors (Lipinski definition) is 1. The lowest BCUT2D eigenvalue weighted by Crippen LogP contribution is -3.12. The summed E-state index contributed by atoms with van der Waals surface area (Å²) in [4.78, 5) is 15.8. The number of quaternary nitrogens is 1. The summed E-state index contributed by atoms with van der Waals surface area (Å²) >= 11 is 1.52. The number of amides is 1. The fourth-order valence-corrected chi connectivity index (χ4v) is 4.89. The van der Waals surface area contributed by atoms with Crippen LogP contribution in [0.4, 0.5) is 4.39 Å². The lowest BCUT2D eigenvalue weighted by molar-refractivity contribution is -0.910. The third-order valence-corrected chi connectivity index (χ3v) is 6.26. The van der Waals surface area contributed by atoms with Gasteiger partial charge in [0.05, 0.1) is 11.6 Å². The Kier molecular flexibility index (Phi) is 4.97. The van der Waals surface area contributed by atoms with E-state index in [1.54, 1.807) is 23.1 Å². The van der Waals surface area contributed by atoms with Gasteiger partial charge in [0.15, 0.2) is 6.67 Å². The molecule has 1 saturated heterocycles. The molecule has 2 aromatic rings. The fraction of sp³-hybridized carbons (Fsp3) is 0.238. The summed E-state index contributed by atoms with van der Waals surface area (Å²) in [5.74, 6) is -0.147. The van der Waals surface area contributed by atoms with Gasteiger partial charge in [-0.15, -0.1) is 0 Å². The molecule has 0 aliphatic carbocycles. The minimum atomic E-state index is -0.502. The minimum absolute atomic E-state index is 0.0463. The van der Waals surface area contributed by atoms with Crippen molar-refractivity contribution in [3.05, 3.63) is 82.1 Å². The van der Waals surface area contributed by atoms with Gasteiger partial charge < -0.3 is 4.90 Å². The number of allylic oxidation sites excluding steroid dienone is 1. The lowest BCUT2D eigenvalue weighted by atomic mass is 9.86. The van der Waals surface area contributed by atoms with Crippen LogP contribution in [0.25, 0.3) is 0 Å². The van der Waals surface area contributed by atoms with Crippen LogP contribution in [0.1, 0.15) is 23.5 Å². The number of benzene rings is 2. The molecule has 4 rings (SSSR count). The van der Waals surface area contributed by atoms with E-state index in [1.165, 1.54) is 28.3 Å². The van der Waals surface area contributed by atoms with Crippen molar-refractivity contribution >= 4 is 17.7 Å². The molecule has 136 valence electrons. The molecule has 6 heteroatoms. The van der Waals surface area contributed by atoms with Crippen molar-refractivity contribution in [3.63, 3.8) is 0 Å². The summed E-state index contributed by atoms with van der Waals surface area (Å²) in [5.41, 5.74) is 2.15. The predicted molar refractivity (Wildman–Crippen MR) is 102 cm³/mol. The first-order chi connectivity index (χ1) is 13.2. The van der Waals surface area contributed by atoms with E-state index in [2.05, 4.69) is 18.2 Å². The highest BCUT2D eigenvalue weighted by Crippen LogP contribution is 2.41. The van der Waals surface area contributed by atoms with Crippen LogP contribution in [0.2, 0.25) is 0 Å². The Labute approximate surface area is 161 Å². The molecule has 1 N–H and O–H groups in total. The van der Waals surface area contributed by atoms with Crippen LogP contribution in [0.5, 0.6) is 0 Å². The number of halogens is 1. The summed E-state index contributed by atoms with van der Waals surface area (Å²) in [7, 11) is 0. The number of nitrogens with zero attached hydrogens (tertiary/aromatic N) is 2. The van der Waals surface area contributed by atoms with E-state index in [4.69, 9.17) is 0 Å². The zero-order chi connectivity index (χ0) is 18.8. The standard InChI is InChI=1S/C21H18FN3OS/c22-19-9-5-4-8-16(19)17-10-20(26)25-13-24(12-15-6-2-1-3-7-15)14-27-21(25)18(17)11-23/h1-9,17H,10,12-14H2/p+1/t17-/m0/s1. The molecule has 2 aliphatic rings. The van der Waals surface area contributed by atoms with Crippen LogP contribution in [-0.4, -0.2) is 23.4 Å². The molecule has 27 heavy (non-hydrogen) atoms. The number of rotatable bonds is 3. The normalized spacial score (nSPS) is 22.4. The molecule has 4 nitrogen and oxygen atoms in total. The van der Waals surface area contributed by atoms with Gasteiger partial charge in [-0.25, -0.2) is 4.39 Å². The Balaban J connectivity index is 1.61. The molecule has 1 unspecified atom stereocenters. The van der Waals surface area contributed by atoms with Gasteiger partial charge in [-0.05, 0) is 23.4 Å². The van der Waals surface area contributed by atoms with E-state index >= 15 is 0 Å². The molecule has 0 spiro atoms. The van der Waals surface area contributed by atoms with Crippen molar-refractivity contribution < 1.29 is 14.1 Å². The van der Waals surface area contributed by atoms with Crippen molar-refractivity contribution in [1.29, 1.82) is 5.26 Å². The average molecular weight is 380 g/mol. The third-order valence-electron chi connectivity index (χ3n) is 5.00. The van der Waals surface area contributed by atoms with Crippen LogP contribution >= 0.6 is 11.8 Å². The van der Waals surface area contributed by atoms with Gasteiger partial charge in [0.2, 0.25) is 5.91 Å². The van der Waals surface area contributed by atoms with E-state index in [9.17, 15) is 14.4 Å². The topological polar surface area (TPSA) is 48.5 Å².